The van der Waals surface area contributed by atoms with E-state index in [1.807, 2.05) is 18.3 Å². The molecule has 0 aliphatic heterocycles. The molecule has 0 saturated carbocycles. The van der Waals surface area contributed by atoms with E-state index >= 15 is 0 Å². The minimum Gasteiger partial charge on any atom is -0.302 e. The fourth-order valence-electron chi connectivity index (χ4n) is 3.04. The summed E-state index contributed by atoms with van der Waals surface area (Å²) in [6.07, 6.45) is 6.08. The van der Waals surface area contributed by atoms with E-state index < -0.39 is 5.91 Å². The van der Waals surface area contributed by atoms with Gasteiger partial charge in [-0.05, 0) is 49.2 Å². The summed E-state index contributed by atoms with van der Waals surface area (Å²) in [5.74, 6) is -0.556. The fraction of sp³-hybridized carbons (Fsp3) is 0.545. The molecule has 6 nitrogen and oxygen atoms in total. The SMILES string of the molecule is CN(CCC(C)(C)C)Cc1c(C(C)(C)C)nc2cc(C=CC(=O)NO)ccn12. The van der Waals surface area contributed by atoms with Gasteiger partial charge in [0.2, 0.25) is 0 Å². The molecule has 0 radical (unpaired) electrons. The largest absolute Gasteiger partial charge is 0.302 e. The van der Waals surface area contributed by atoms with Crippen LogP contribution in [0.15, 0.2) is 24.4 Å². The Labute approximate surface area is 168 Å². The van der Waals surface area contributed by atoms with Crippen LogP contribution in [0.25, 0.3) is 11.7 Å². The summed E-state index contributed by atoms with van der Waals surface area (Å²) in [7, 11) is 2.15. The standard InChI is InChI=1S/C22H34N4O2/c1-21(2,3)11-13-25(7)15-17-20(22(4,5)6)23-18-14-16(10-12-26(17)18)8-9-19(27)24-28/h8-10,12,14,28H,11,13,15H2,1-7H3,(H,24,27). The first-order chi connectivity index (χ1) is 12.9. The van der Waals surface area contributed by atoms with Crippen molar-refractivity contribution in [1.82, 2.24) is 19.8 Å². The number of carbonyl (C=O) groups is 1. The highest BCUT2D eigenvalue weighted by Gasteiger charge is 2.24. The molecule has 0 saturated heterocycles. The van der Waals surface area contributed by atoms with Gasteiger partial charge in [0.05, 0.1) is 11.4 Å². The Morgan fingerprint density at radius 1 is 1.29 bits per heavy atom. The molecule has 0 fully saturated rings. The van der Waals surface area contributed by atoms with Gasteiger partial charge in [0, 0.05) is 24.2 Å². The van der Waals surface area contributed by atoms with Crippen LogP contribution in [0.3, 0.4) is 0 Å². The number of hydroxylamine groups is 1. The number of hydrogen-bond acceptors (Lipinski definition) is 4. The Balaban J connectivity index is 2.37. The van der Waals surface area contributed by atoms with E-state index in [1.54, 1.807) is 11.6 Å². The monoisotopic (exact) mass is 386 g/mol. The van der Waals surface area contributed by atoms with Crippen LogP contribution < -0.4 is 5.48 Å². The summed E-state index contributed by atoms with van der Waals surface area (Å²) in [6.45, 7) is 15.2. The summed E-state index contributed by atoms with van der Waals surface area (Å²) in [6, 6.07) is 3.90. The average molecular weight is 387 g/mol. The third kappa shape index (κ3) is 5.91. The third-order valence-electron chi connectivity index (χ3n) is 4.66. The molecule has 0 aliphatic rings. The van der Waals surface area contributed by atoms with E-state index in [2.05, 4.69) is 57.9 Å². The van der Waals surface area contributed by atoms with Crippen molar-refractivity contribution in [2.24, 2.45) is 5.41 Å². The van der Waals surface area contributed by atoms with Gasteiger partial charge < -0.3 is 9.30 Å². The van der Waals surface area contributed by atoms with E-state index in [1.165, 1.54) is 11.8 Å². The van der Waals surface area contributed by atoms with Gasteiger partial charge in [-0.25, -0.2) is 10.5 Å². The molecule has 0 atom stereocenters. The van der Waals surface area contributed by atoms with Crippen molar-refractivity contribution < 1.29 is 10.0 Å². The van der Waals surface area contributed by atoms with E-state index in [0.29, 0.717) is 5.41 Å². The molecule has 2 N–H and O–H groups in total. The van der Waals surface area contributed by atoms with Gasteiger partial charge in [0.15, 0.2) is 0 Å². The fourth-order valence-corrected chi connectivity index (χ4v) is 3.04. The van der Waals surface area contributed by atoms with Gasteiger partial charge >= 0.3 is 0 Å². The van der Waals surface area contributed by atoms with E-state index in [0.717, 1.165) is 36.4 Å². The van der Waals surface area contributed by atoms with Crippen molar-refractivity contribution >= 4 is 17.6 Å². The maximum absolute atomic E-state index is 11.2. The number of amides is 1. The maximum Gasteiger partial charge on any atom is 0.267 e. The van der Waals surface area contributed by atoms with E-state index in [-0.39, 0.29) is 5.41 Å². The summed E-state index contributed by atoms with van der Waals surface area (Å²) in [4.78, 5) is 18.5. The van der Waals surface area contributed by atoms with Crippen LogP contribution in [0, 0.1) is 5.41 Å². The first-order valence-electron chi connectivity index (χ1n) is 9.73. The molecule has 0 aromatic carbocycles. The molecule has 6 heteroatoms. The van der Waals surface area contributed by atoms with Crippen molar-refractivity contribution in [1.29, 1.82) is 0 Å². The zero-order valence-corrected chi connectivity index (χ0v) is 18.2. The van der Waals surface area contributed by atoms with Crippen molar-refractivity contribution in [3.8, 4) is 0 Å². The lowest BCUT2D eigenvalue weighted by atomic mass is 9.90. The van der Waals surface area contributed by atoms with Gasteiger partial charge in [-0.1, -0.05) is 41.5 Å². The average Bonchev–Trinajstić information content (AvgIpc) is 2.95. The van der Waals surface area contributed by atoms with Crippen LogP contribution in [0.5, 0.6) is 0 Å². The minimum absolute atomic E-state index is 0.0704. The van der Waals surface area contributed by atoms with Crippen LogP contribution in [0.4, 0.5) is 0 Å². The first-order valence-corrected chi connectivity index (χ1v) is 9.73. The molecule has 0 bridgehead atoms. The number of hydrogen-bond donors (Lipinski definition) is 2. The number of fused-ring (bicyclic) bond motifs is 1. The Hall–Kier alpha value is -2.18. The first kappa shape index (κ1) is 22.1. The molecule has 0 spiro atoms. The molecule has 0 aliphatic carbocycles. The lowest BCUT2D eigenvalue weighted by Crippen LogP contribution is -2.26. The van der Waals surface area contributed by atoms with Gasteiger partial charge in [-0.15, -0.1) is 0 Å². The molecule has 2 heterocycles. The second-order valence-electron chi connectivity index (χ2n) is 9.70. The molecule has 0 unspecified atom stereocenters. The van der Waals surface area contributed by atoms with Crippen LogP contribution in [0.2, 0.25) is 0 Å². The summed E-state index contributed by atoms with van der Waals surface area (Å²) >= 11 is 0. The molecular weight excluding hydrogens is 352 g/mol. The van der Waals surface area contributed by atoms with Crippen LogP contribution in [-0.4, -0.2) is 39.0 Å². The topological polar surface area (TPSA) is 69.9 Å². The Morgan fingerprint density at radius 2 is 1.96 bits per heavy atom. The Morgan fingerprint density at radius 3 is 2.54 bits per heavy atom. The van der Waals surface area contributed by atoms with Crippen LogP contribution >= 0.6 is 0 Å². The summed E-state index contributed by atoms with van der Waals surface area (Å²) in [5, 5.41) is 8.62. The lowest BCUT2D eigenvalue weighted by molar-refractivity contribution is -0.124. The smallest absolute Gasteiger partial charge is 0.267 e. The second kappa shape index (κ2) is 8.45. The van der Waals surface area contributed by atoms with Crippen molar-refractivity contribution in [3.05, 3.63) is 41.4 Å². The minimum atomic E-state index is -0.556. The number of pyridine rings is 1. The van der Waals surface area contributed by atoms with E-state index in [4.69, 9.17) is 10.2 Å². The van der Waals surface area contributed by atoms with Gasteiger partial charge in [0.25, 0.3) is 5.91 Å². The van der Waals surface area contributed by atoms with Crippen molar-refractivity contribution in [2.45, 2.75) is 59.9 Å². The number of aromatic nitrogens is 2. The molecule has 2 rings (SSSR count). The molecule has 1 amide bonds. The summed E-state index contributed by atoms with van der Waals surface area (Å²) in [5.41, 5.74) is 5.83. The summed E-state index contributed by atoms with van der Waals surface area (Å²) < 4.78 is 2.14. The predicted molar refractivity (Wildman–Crippen MR) is 113 cm³/mol. The van der Waals surface area contributed by atoms with Gasteiger partial charge in [-0.2, -0.15) is 0 Å². The Bertz CT molecular complexity index is 854. The number of nitrogens with one attached hydrogen (secondary N) is 1. The van der Waals surface area contributed by atoms with Crippen LogP contribution in [-0.2, 0) is 16.8 Å². The number of carbonyl (C=O) groups excluding carboxylic acids is 1. The predicted octanol–water partition coefficient (Wildman–Crippen LogP) is 4.02. The normalized spacial score (nSPS) is 13.0. The molecular formula is C22H34N4O2. The number of imidazole rings is 1. The highest BCUT2D eigenvalue weighted by molar-refractivity contribution is 5.90. The highest BCUT2D eigenvalue weighted by Crippen LogP contribution is 2.28. The zero-order valence-electron chi connectivity index (χ0n) is 18.2. The number of rotatable bonds is 6. The van der Waals surface area contributed by atoms with Crippen molar-refractivity contribution in [2.75, 3.05) is 13.6 Å². The molecule has 28 heavy (non-hydrogen) atoms. The molecule has 154 valence electrons. The van der Waals surface area contributed by atoms with Crippen LogP contribution in [0.1, 0.15) is 64.9 Å². The zero-order chi connectivity index (χ0) is 21.1. The third-order valence-corrected chi connectivity index (χ3v) is 4.66. The molecule has 2 aromatic heterocycles. The highest BCUT2D eigenvalue weighted by atomic mass is 16.5. The van der Waals surface area contributed by atoms with Crippen molar-refractivity contribution in [3.63, 3.8) is 0 Å². The van der Waals surface area contributed by atoms with Gasteiger partial charge in [-0.3, -0.25) is 10.0 Å². The molecule has 2 aromatic rings. The lowest BCUT2D eigenvalue weighted by Gasteiger charge is -2.25. The van der Waals surface area contributed by atoms with E-state index in [9.17, 15) is 4.79 Å². The number of nitrogens with zero attached hydrogens (tertiary/aromatic N) is 3. The van der Waals surface area contributed by atoms with Gasteiger partial charge in [0.1, 0.15) is 5.65 Å². The second-order valence-corrected chi connectivity index (χ2v) is 9.70. The Kier molecular flexibility index (Phi) is 6.67. The quantitative estimate of drug-likeness (QED) is 0.447. The maximum atomic E-state index is 11.2.